The van der Waals surface area contributed by atoms with Crippen LogP contribution >= 0.6 is 0 Å². The van der Waals surface area contributed by atoms with Gasteiger partial charge in [-0.05, 0) is 18.9 Å². The van der Waals surface area contributed by atoms with E-state index in [2.05, 4.69) is 5.32 Å². The zero-order chi connectivity index (χ0) is 15.2. The van der Waals surface area contributed by atoms with Gasteiger partial charge in [-0.2, -0.15) is 0 Å². The molecule has 0 saturated heterocycles. The lowest BCUT2D eigenvalue weighted by molar-refractivity contribution is -0.154. The fraction of sp³-hybridized carbons (Fsp3) is 0.500. The van der Waals surface area contributed by atoms with Gasteiger partial charge in [0.25, 0.3) is 5.91 Å². The van der Waals surface area contributed by atoms with Crippen LogP contribution in [0, 0.1) is 5.82 Å². The molecule has 1 saturated carbocycles. The van der Waals surface area contributed by atoms with Gasteiger partial charge >= 0.3 is 5.97 Å². The van der Waals surface area contributed by atoms with E-state index >= 15 is 0 Å². The van der Waals surface area contributed by atoms with Crippen molar-refractivity contribution in [2.75, 3.05) is 0 Å². The highest BCUT2D eigenvalue weighted by Crippen LogP contribution is 2.23. The van der Waals surface area contributed by atoms with Gasteiger partial charge in [-0.1, -0.05) is 37.5 Å². The molecule has 1 aromatic rings. The number of esters is 1. The minimum atomic E-state index is -1.23. The Kier molecular flexibility index (Phi) is 5.31. The summed E-state index contributed by atoms with van der Waals surface area (Å²) in [6.07, 6.45) is 3.91. The van der Waals surface area contributed by atoms with E-state index in [0.29, 0.717) is 0 Å². The van der Waals surface area contributed by atoms with Crippen LogP contribution in [-0.2, 0) is 14.3 Å². The van der Waals surface area contributed by atoms with Crippen molar-refractivity contribution in [3.63, 3.8) is 0 Å². The second-order valence-electron chi connectivity index (χ2n) is 5.35. The van der Waals surface area contributed by atoms with E-state index in [1.54, 1.807) is 6.07 Å². The Labute approximate surface area is 123 Å². The Morgan fingerprint density at radius 3 is 2.52 bits per heavy atom. The van der Waals surface area contributed by atoms with E-state index in [4.69, 9.17) is 4.74 Å². The molecule has 1 aromatic carbocycles. The fourth-order valence-corrected chi connectivity index (χ4v) is 2.64. The lowest BCUT2D eigenvalue weighted by Gasteiger charge is -2.25. The van der Waals surface area contributed by atoms with Crippen molar-refractivity contribution in [3.8, 4) is 0 Å². The Balaban J connectivity index is 2.13. The first-order chi connectivity index (χ1) is 10.1. The lowest BCUT2D eigenvalue weighted by atomic mass is 9.95. The number of ether oxygens (including phenoxy) is 1. The SMILES string of the molecule is CC(=O)O[C@@H](C(=O)NC1CCCCC1)c1ccccc1F. The zero-order valence-electron chi connectivity index (χ0n) is 12.1. The summed E-state index contributed by atoms with van der Waals surface area (Å²) in [5.74, 6) is -1.62. The molecule has 5 heteroatoms. The Morgan fingerprint density at radius 2 is 1.90 bits per heavy atom. The van der Waals surface area contributed by atoms with Crippen LogP contribution < -0.4 is 5.32 Å². The lowest BCUT2D eigenvalue weighted by Crippen LogP contribution is -2.40. The molecule has 0 aromatic heterocycles. The predicted octanol–water partition coefficient (Wildman–Crippen LogP) is 2.88. The van der Waals surface area contributed by atoms with Crippen LogP contribution in [0.3, 0.4) is 0 Å². The molecular weight excluding hydrogens is 273 g/mol. The third kappa shape index (κ3) is 4.28. The van der Waals surface area contributed by atoms with Crippen LogP contribution in [0.4, 0.5) is 4.39 Å². The molecule has 1 aliphatic carbocycles. The van der Waals surface area contributed by atoms with Gasteiger partial charge < -0.3 is 10.1 Å². The minimum Gasteiger partial charge on any atom is -0.447 e. The topological polar surface area (TPSA) is 55.4 Å². The first-order valence-electron chi connectivity index (χ1n) is 7.30. The highest BCUT2D eigenvalue weighted by molar-refractivity contribution is 5.84. The molecule has 21 heavy (non-hydrogen) atoms. The second kappa shape index (κ2) is 7.20. The van der Waals surface area contributed by atoms with Crippen LogP contribution in [-0.4, -0.2) is 17.9 Å². The molecule has 0 aliphatic heterocycles. The van der Waals surface area contributed by atoms with Gasteiger partial charge in [0.2, 0.25) is 6.10 Å². The molecule has 1 amide bonds. The van der Waals surface area contributed by atoms with Crippen molar-refractivity contribution in [1.29, 1.82) is 0 Å². The van der Waals surface area contributed by atoms with Gasteiger partial charge in [-0.3, -0.25) is 9.59 Å². The predicted molar refractivity (Wildman–Crippen MR) is 75.9 cm³/mol. The summed E-state index contributed by atoms with van der Waals surface area (Å²) in [5, 5.41) is 2.87. The number of hydrogen-bond acceptors (Lipinski definition) is 3. The van der Waals surface area contributed by atoms with Gasteiger partial charge in [0.05, 0.1) is 0 Å². The van der Waals surface area contributed by atoms with Crippen molar-refractivity contribution < 1.29 is 18.7 Å². The molecule has 0 spiro atoms. The first-order valence-corrected chi connectivity index (χ1v) is 7.30. The highest BCUT2D eigenvalue weighted by Gasteiger charge is 2.28. The van der Waals surface area contributed by atoms with Crippen molar-refractivity contribution in [2.45, 2.75) is 51.2 Å². The quantitative estimate of drug-likeness (QED) is 0.868. The van der Waals surface area contributed by atoms with Gasteiger partial charge in [-0.25, -0.2) is 4.39 Å². The van der Waals surface area contributed by atoms with Crippen molar-refractivity contribution >= 4 is 11.9 Å². The van der Waals surface area contributed by atoms with E-state index in [1.165, 1.54) is 31.5 Å². The minimum absolute atomic E-state index is 0.0797. The normalized spacial score (nSPS) is 17.0. The molecule has 0 heterocycles. The van der Waals surface area contributed by atoms with E-state index in [-0.39, 0.29) is 11.6 Å². The highest BCUT2D eigenvalue weighted by atomic mass is 19.1. The summed E-state index contributed by atoms with van der Waals surface area (Å²) < 4.78 is 18.9. The zero-order valence-corrected chi connectivity index (χ0v) is 12.1. The summed E-state index contributed by atoms with van der Waals surface area (Å²) in [6, 6.07) is 5.94. The van der Waals surface area contributed by atoms with Crippen LogP contribution in [0.2, 0.25) is 0 Å². The van der Waals surface area contributed by atoms with Crippen molar-refractivity contribution in [2.24, 2.45) is 0 Å². The molecule has 1 N–H and O–H groups in total. The number of benzene rings is 1. The standard InChI is InChI=1S/C16H20FNO3/c1-11(19)21-15(13-9-5-6-10-14(13)17)16(20)18-12-7-3-2-4-8-12/h5-6,9-10,12,15H,2-4,7-8H2,1H3,(H,18,20)/t15-/m1/s1. The fourth-order valence-electron chi connectivity index (χ4n) is 2.64. The number of carbonyl (C=O) groups is 2. The van der Waals surface area contributed by atoms with E-state index in [0.717, 1.165) is 25.7 Å². The van der Waals surface area contributed by atoms with Crippen molar-refractivity contribution in [1.82, 2.24) is 5.32 Å². The summed E-state index contributed by atoms with van der Waals surface area (Å²) in [7, 11) is 0. The largest absolute Gasteiger partial charge is 0.447 e. The Hall–Kier alpha value is -1.91. The average molecular weight is 293 g/mol. The molecule has 2 rings (SSSR count). The molecule has 1 fully saturated rings. The molecule has 0 radical (unpaired) electrons. The maximum absolute atomic E-state index is 13.9. The number of amides is 1. The summed E-state index contributed by atoms with van der Waals surface area (Å²) in [5.41, 5.74) is 0.0843. The molecular formula is C16H20FNO3. The molecule has 1 atom stereocenters. The first kappa shape index (κ1) is 15.5. The maximum Gasteiger partial charge on any atom is 0.303 e. The monoisotopic (exact) mass is 293 g/mol. The van der Waals surface area contributed by atoms with Gasteiger partial charge in [-0.15, -0.1) is 0 Å². The van der Waals surface area contributed by atoms with E-state index < -0.39 is 23.8 Å². The van der Waals surface area contributed by atoms with Crippen molar-refractivity contribution in [3.05, 3.63) is 35.6 Å². The number of halogens is 1. The Bertz CT molecular complexity index is 512. The smallest absolute Gasteiger partial charge is 0.303 e. The third-order valence-electron chi connectivity index (χ3n) is 3.66. The van der Waals surface area contributed by atoms with Gasteiger partial charge in [0.1, 0.15) is 5.82 Å². The summed E-state index contributed by atoms with van der Waals surface area (Å²) >= 11 is 0. The molecule has 0 bridgehead atoms. The van der Waals surface area contributed by atoms with Crippen LogP contribution in [0.25, 0.3) is 0 Å². The number of hydrogen-bond donors (Lipinski definition) is 1. The van der Waals surface area contributed by atoms with Gasteiger partial charge in [0, 0.05) is 18.5 Å². The average Bonchev–Trinajstić information content (AvgIpc) is 2.46. The Morgan fingerprint density at radius 1 is 1.24 bits per heavy atom. The van der Waals surface area contributed by atoms with E-state index in [1.807, 2.05) is 0 Å². The number of rotatable bonds is 4. The molecule has 114 valence electrons. The molecule has 1 aliphatic rings. The van der Waals surface area contributed by atoms with Crippen LogP contribution in [0.1, 0.15) is 50.7 Å². The number of nitrogens with one attached hydrogen (secondary N) is 1. The molecule has 4 nitrogen and oxygen atoms in total. The van der Waals surface area contributed by atoms with Crippen LogP contribution in [0.5, 0.6) is 0 Å². The maximum atomic E-state index is 13.9. The van der Waals surface area contributed by atoms with E-state index in [9.17, 15) is 14.0 Å². The van der Waals surface area contributed by atoms with Crippen LogP contribution in [0.15, 0.2) is 24.3 Å². The molecule has 0 unspecified atom stereocenters. The summed E-state index contributed by atoms with van der Waals surface area (Å²) in [4.78, 5) is 23.6. The van der Waals surface area contributed by atoms with Gasteiger partial charge in [0.15, 0.2) is 0 Å². The third-order valence-corrected chi connectivity index (χ3v) is 3.66. The second-order valence-corrected chi connectivity index (χ2v) is 5.35. The number of carbonyl (C=O) groups excluding carboxylic acids is 2. The summed E-state index contributed by atoms with van der Waals surface area (Å²) in [6.45, 7) is 1.21.